The average Bonchev–Trinajstić information content (AvgIpc) is 2.99. The van der Waals surface area contributed by atoms with Gasteiger partial charge in [0.25, 0.3) is 0 Å². The predicted molar refractivity (Wildman–Crippen MR) is 109 cm³/mol. The Labute approximate surface area is 163 Å². The summed E-state index contributed by atoms with van der Waals surface area (Å²) in [5.74, 6) is 0.343. The van der Waals surface area contributed by atoms with Crippen LogP contribution >= 0.6 is 0 Å². The molecule has 1 aliphatic carbocycles. The van der Waals surface area contributed by atoms with Crippen molar-refractivity contribution >= 4 is 22.6 Å². The first-order valence-corrected chi connectivity index (χ1v) is 9.71. The highest BCUT2D eigenvalue weighted by molar-refractivity contribution is 5.98. The number of aryl methyl sites for hydroxylation is 2. The fraction of sp³-hybridized carbons (Fsp3) is 0.364. The number of hydrogen-bond acceptors (Lipinski definition) is 3. The van der Waals surface area contributed by atoms with Gasteiger partial charge >= 0.3 is 0 Å². The first kappa shape index (κ1) is 18.6. The van der Waals surface area contributed by atoms with Gasteiger partial charge in [-0.1, -0.05) is 19.3 Å². The number of carbonyl (C=O) groups excluding carboxylic acids is 1. The van der Waals surface area contributed by atoms with E-state index in [1.165, 1.54) is 12.1 Å². The highest BCUT2D eigenvalue weighted by atomic mass is 19.1. The van der Waals surface area contributed by atoms with E-state index in [0.717, 1.165) is 60.3 Å². The van der Waals surface area contributed by atoms with E-state index in [2.05, 4.69) is 10.3 Å². The van der Waals surface area contributed by atoms with Gasteiger partial charge in [0.1, 0.15) is 11.6 Å². The molecule has 0 spiro atoms. The van der Waals surface area contributed by atoms with Gasteiger partial charge < -0.3 is 15.6 Å². The van der Waals surface area contributed by atoms with E-state index in [4.69, 9.17) is 5.73 Å². The van der Waals surface area contributed by atoms with Crippen molar-refractivity contribution < 1.29 is 9.18 Å². The molecule has 1 amide bonds. The van der Waals surface area contributed by atoms with Crippen molar-refractivity contribution in [3.63, 3.8) is 0 Å². The molecular formula is C22H25FN4O. The van der Waals surface area contributed by atoms with Gasteiger partial charge in [-0.25, -0.2) is 9.37 Å². The van der Waals surface area contributed by atoms with Crippen LogP contribution in [0.25, 0.3) is 22.4 Å². The summed E-state index contributed by atoms with van der Waals surface area (Å²) >= 11 is 0. The molecular weight excluding hydrogens is 355 g/mol. The second-order valence-corrected chi connectivity index (χ2v) is 7.83. The molecule has 0 unspecified atom stereocenters. The molecule has 1 saturated carbocycles. The van der Waals surface area contributed by atoms with E-state index in [1.54, 1.807) is 6.07 Å². The zero-order valence-electron chi connectivity index (χ0n) is 16.3. The molecule has 1 heterocycles. The van der Waals surface area contributed by atoms with E-state index >= 15 is 0 Å². The van der Waals surface area contributed by atoms with Gasteiger partial charge in [0.15, 0.2) is 0 Å². The molecule has 146 valence electrons. The molecule has 4 rings (SSSR count). The Hall–Kier alpha value is -2.73. The second-order valence-electron chi connectivity index (χ2n) is 7.83. The third kappa shape index (κ3) is 3.29. The summed E-state index contributed by atoms with van der Waals surface area (Å²) in [6.07, 6.45) is 4.59. The molecule has 0 aliphatic heterocycles. The van der Waals surface area contributed by atoms with Crippen molar-refractivity contribution in [2.45, 2.75) is 44.6 Å². The summed E-state index contributed by atoms with van der Waals surface area (Å²) < 4.78 is 15.4. The lowest BCUT2D eigenvalue weighted by Crippen LogP contribution is -2.52. The Morgan fingerprint density at radius 2 is 1.93 bits per heavy atom. The quantitative estimate of drug-likeness (QED) is 0.712. The van der Waals surface area contributed by atoms with Crippen LogP contribution in [0.1, 0.15) is 37.7 Å². The van der Waals surface area contributed by atoms with E-state index in [0.29, 0.717) is 5.52 Å². The minimum absolute atomic E-state index is 0.110. The monoisotopic (exact) mass is 380 g/mol. The van der Waals surface area contributed by atoms with Crippen molar-refractivity contribution in [2.24, 2.45) is 12.8 Å². The molecule has 0 atom stereocenters. The fourth-order valence-corrected chi connectivity index (χ4v) is 4.03. The van der Waals surface area contributed by atoms with E-state index in [1.807, 2.05) is 36.7 Å². The van der Waals surface area contributed by atoms with Crippen molar-refractivity contribution in [1.29, 1.82) is 0 Å². The Bertz CT molecular complexity index is 1050. The predicted octanol–water partition coefficient (Wildman–Crippen LogP) is 4.29. The van der Waals surface area contributed by atoms with Crippen molar-refractivity contribution in [3.8, 4) is 11.4 Å². The van der Waals surface area contributed by atoms with Crippen LogP contribution in [0.5, 0.6) is 0 Å². The van der Waals surface area contributed by atoms with E-state index in [-0.39, 0.29) is 11.7 Å². The summed E-state index contributed by atoms with van der Waals surface area (Å²) in [6.45, 7) is 1.95. The second kappa shape index (κ2) is 7.02. The number of fused-ring (bicyclic) bond motifs is 1. The van der Waals surface area contributed by atoms with Gasteiger partial charge in [-0.3, -0.25) is 4.79 Å². The lowest BCUT2D eigenvalue weighted by molar-refractivity contribution is -0.122. The number of nitrogens with one attached hydrogen (secondary N) is 1. The maximum atomic E-state index is 13.5. The van der Waals surface area contributed by atoms with Gasteiger partial charge in [-0.15, -0.1) is 0 Å². The molecule has 1 fully saturated rings. The first-order chi connectivity index (χ1) is 13.4. The SMILES string of the molecule is Cc1cc(-c2nc3cc(F)ccc3n2C)ccc1NC(=O)C1(N)CCCCC1. The Kier molecular flexibility index (Phi) is 4.67. The Balaban J connectivity index is 1.61. The largest absolute Gasteiger partial charge is 0.327 e. The minimum atomic E-state index is -0.773. The third-order valence-corrected chi connectivity index (χ3v) is 5.77. The zero-order chi connectivity index (χ0) is 19.9. The van der Waals surface area contributed by atoms with Crippen molar-refractivity contribution in [3.05, 3.63) is 47.8 Å². The average molecular weight is 380 g/mol. The van der Waals surface area contributed by atoms with Crippen LogP contribution in [0.3, 0.4) is 0 Å². The molecule has 2 aromatic carbocycles. The number of carbonyl (C=O) groups is 1. The lowest BCUT2D eigenvalue weighted by atomic mass is 9.82. The van der Waals surface area contributed by atoms with Crippen LogP contribution in [0.4, 0.5) is 10.1 Å². The zero-order valence-corrected chi connectivity index (χ0v) is 16.3. The lowest BCUT2D eigenvalue weighted by Gasteiger charge is -2.32. The maximum absolute atomic E-state index is 13.5. The number of anilines is 1. The molecule has 3 N–H and O–H groups in total. The number of amides is 1. The molecule has 0 bridgehead atoms. The molecule has 3 aromatic rings. The van der Waals surface area contributed by atoms with Gasteiger partial charge in [0, 0.05) is 24.4 Å². The maximum Gasteiger partial charge on any atom is 0.244 e. The summed E-state index contributed by atoms with van der Waals surface area (Å²) in [4.78, 5) is 17.3. The van der Waals surface area contributed by atoms with Crippen LogP contribution in [0.2, 0.25) is 0 Å². The van der Waals surface area contributed by atoms with Crippen LogP contribution < -0.4 is 11.1 Å². The summed E-state index contributed by atoms with van der Waals surface area (Å²) in [7, 11) is 1.91. The number of hydrogen-bond donors (Lipinski definition) is 2. The minimum Gasteiger partial charge on any atom is -0.327 e. The number of nitrogens with zero attached hydrogens (tertiary/aromatic N) is 2. The molecule has 1 aliphatic rings. The highest BCUT2D eigenvalue weighted by Gasteiger charge is 2.35. The highest BCUT2D eigenvalue weighted by Crippen LogP contribution is 2.30. The molecule has 0 radical (unpaired) electrons. The van der Waals surface area contributed by atoms with Gasteiger partial charge in [-0.05, 0) is 55.7 Å². The number of imidazole rings is 1. The number of nitrogens with two attached hydrogens (primary N) is 1. The van der Waals surface area contributed by atoms with Crippen LogP contribution in [-0.2, 0) is 11.8 Å². The first-order valence-electron chi connectivity index (χ1n) is 9.71. The molecule has 6 heteroatoms. The van der Waals surface area contributed by atoms with Crippen molar-refractivity contribution in [1.82, 2.24) is 9.55 Å². The molecule has 1 aromatic heterocycles. The van der Waals surface area contributed by atoms with E-state index < -0.39 is 5.54 Å². The van der Waals surface area contributed by atoms with Gasteiger partial charge in [0.2, 0.25) is 5.91 Å². The number of halogens is 1. The third-order valence-electron chi connectivity index (χ3n) is 5.77. The van der Waals surface area contributed by atoms with Crippen LogP contribution in [0, 0.1) is 12.7 Å². The summed E-state index contributed by atoms with van der Waals surface area (Å²) in [6, 6.07) is 10.4. The van der Waals surface area contributed by atoms with Crippen molar-refractivity contribution in [2.75, 3.05) is 5.32 Å². The van der Waals surface area contributed by atoms with Crippen LogP contribution in [0.15, 0.2) is 36.4 Å². The topological polar surface area (TPSA) is 72.9 Å². The van der Waals surface area contributed by atoms with Gasteiger partial charge in [0.05, 0.1) is 16.6 Å². The smallest absolute Gasteiger partial charge is 0.244 e. The summed E-state index contributed by atoms with van der Waals surface area (Å²) in [5, 5.41) is 3.01. The Morgan fingerprint density at radius 1 is 1.18 bits per heavy atom. The standard InChI is InChI=1S/C22H25FN4O/c1-14-12-15(20-25-18-13-16(23)7-9-19(18)27(20)2)6-8-17(14)26-21(28)22(24)10-4-3-5-11-22/h6-9,12-13H,3-5,10-11,24H2,1-2H3,(H,26,28). The number of benzene rings is 2. The normalized spacial score (nSPS) is 16.3. The fourth-order valence-electron chi connectivity index (χ4n) is 4.03. The number of aromatic nitrogens is 2. The van der Waals surface area contributed by atoms with E-state index in [9.17, 15) is 9.18 Å². The number of rotatable bonds is 3. The molecule has 5 nitrogen and oxygen atoms in total. The molecule has 28 heavy (non-hydrogen) atoms. The Morgan fingerprint density at radius 3 is 2.64 bits per heavy atom. The van der Waals surface area contributed by atoms with Gasteiger partial charge in [-0.2, -0.15) is 0 Å². The molecule has 0 saturated heterocycles. The summed E-state index contributed by atoms with van der Waals surface area (Å²) in [5.41, 5.74) is 9.66. The van der Waals surface area contributed by atoms with Crippen LogP contribution in [-0.4, -0.2) is 21.0 Å².